The van der Waals surface area contributed by atoms with E-state index in [0.29, 0.717) is 35.9 Å². The molecule has 1 amide bonds. The van der Waals surface area contributed by atoms with Crippen molar-refractivity contribution in [2.75, 3.05) is 31.6 Å². The maximum absolute atomic E-state index is 14.2. The van der Waals surface area contributed by atoms with E-state index in [1.807, 2.05) is 0 Å². The van der Waals surface area contributed by atoms with E-state index in [0.717, 1.165) is 6.07 Å². The zero-order valence-electron chi connectivity index (χ0n) is 18.0. The summed E-state index contributed by atoms with van der Waals surface area (Å²) in [6, 6.07) is 6.88. The normalized spacial score (nSPS) is 15.1. The first kappa shape index (κ1) is 22.3. The van der Waals surface area contributed by atoms with Crippen molar-refractivity contribution >= 4 is 32.7 Å². The summed E-state index contributed by atoms with van der Waals surface area (Å²) in [5, 5.41) is 2.71. The van der Waals surface area contributed by atoms with Crippen molar-refractivity contribution in [3.8, 4) is 0 Å². The number of ether oxygens (including phenoxy) is 1. The molecule has 4 rings (SSSR count). The highest BCUT2D eigenvalue weighted by molar-refractivity contribution is 7.89. The van der Waals surface area contributed by atoms with Crippen molar-refractivity contribution in [1.82, 2.24) is 14.3 Å². The molecule has 10 heteroatoms. The average molecular weight is 459 g/mol. The van der Waals surface area contributed by atoms with Crippen LogP contribution in [0.4, 0.5) is 10.1 Å². The fraction of sp³-hybridized carbons (Fsp3) is 0.318. The molecule has 0 radical (unpaired) electrons. The van der Waals surface area contributed by atoms with Crippen LogP contribution in [0.1, 0.15) is 27.3 Å². The zero-order chi connectivity index (χ0) is 23.0. The molecule has 1 aromatic heterocycles. The molecule has 0 bridgehead atoms. The fourth-order valence-corrected chi connectivity index (χ4v) is 4.93. The van der Waals surface area contributed by atoms with Gasteiger partial charge in [0.25, 0.3) is 5.91 Å². The minimum absolute atomic E-state index is 0.0245. The minimum Gasteiger partial charge on any atom is -0.379 e. The number of sulfonamides is 1. The van der Waals surface area contributed by atoms with Gasteiger partial charge in [0.1, 0.15) is 11.3 Å². The number of aromatic nitrogens is 2. The van der Waals surface area contributed by atoms with Crippen LogP contribution in [0.15, 0.2) is 35.2 Å². The molecule has 1 aliphatic heterocycles. The topological polar surface area (TPSA) is 101 Å². The Balaban J connectivity index is 1.70. The summed E-state index contributed by atoms with van der Waals surface area (Å²) in [6.45, 7) is 6.47. The van der Waals surface area contributed by atoms with Crippen LogP contribution in [0.2, 0.25) is 0 Å². The molecule has 2 aromatic carbocycles. The van der Waals surface area contributed by atoms with E-state index in [2.05, 4.69) is 15.3 Å². The smallest absolute Gasteiger partial charge is 0.258 e. The van der Waals surface area contributed by atoms with Gasteiger partial charge in [-0.05, 0) is 44.5 Å². The van der Waals surface area contributed by atoms with Gasteiger partial charge in [-0.1, -0.05) is 6.07 Å². The van der Waals surface area contributed by atoms with E-state index in [4.69, 9.17) is 4.74 Å². The second kappa shape index (κ2) is 8.53. The Labute approximate surface area is 185 Å². The van der Waals surface area contributed by atoms with Crippen LogP contribution in [0.5, 0.6) is 0 Å². The molecule has 0 atom stereocenters. The monoisotopic (exact) mass is 458 g/mol. The number of carbonyl (C=O) groups excluding carboxylic acids is 1. The predicted octanol–water partition coefficient (Wildman–Crippen LogP) is 2.97. The summed E-state index contributed by atoms with van der Waals surface area (Å²) in [5.74, 6) is -1.21. The molecule has 1 fully saturated rings. The second-order valence-corrected chi connectivity index (χ2v) is 9.60. The van der Waals surface area contributed by atoms with Crippen molar-refractivity contribution in [1.29, 1.82) is 0 Å². The maximum atomic E-state index is 14.2. The van der Waals surface area contributed by atoms with E-state index in [1.165, 1.54) is 22.5 Å². The lowest BCUT2D eigenvalue weighted by Gasteiger charge is -2.26. The largest absolute Gasteiger partial charge is 0.379 e. The third-order valence-electron chi connectivity index (χ3n) is 5.46. The third kappa shape index (κ3) is 4.21. The van der Waals surface area contributed by atoms with Gasteiger partial charge in [0.2, 0.25) is 10.0 Å². The molecule has 168 valence electrons. The number of aryl methyl sites for hydroxylation is 3. The average Bonchev–Trinajstić information content (AvgIpc) is 2.76. The van der Waals surface area contributed by atoms with E-state index in [1.54, 1.807) is 26.8 Å². The molecule has 0 unspecified atom stereocenters. The summed E-state index contributed by atoms with van der Waals surface area (Å²) in [5.41, 5.74) is 2.84. The van der Waals surface area contributed by atoms with Crippen molar-refractivity contribution in [2.45, 2.75) is 25.7 Å². The second-order valence-electron chi connectivity index (χ2n) is 7.66. The molecular weight excluding hydrogens is 435 g/mol. The van der Waals surface area contributed by atoms with Crippen LogP contribution in [-0.4, -0.2) is 54.9 Å². The van der Waals surface area contributed by atoms with Gasteiger partial charge in [-0.2, -0.15) is 4.31 Å². The van der Waals surface area contributed by atoms with Crippen molar-refractivity contribution in [3.63, 3.8) is 0 Å². The summed E-state index contributed by atoms with van der Waals surface area (Å²) >= 11 is 0. The Hall–Kier alpha value is -2.95. The molecule has 0 aliphatic carbocycles. The number of carbonyl (C=O) groups is 1. The number of rotatable bonds is 4. The predicted molar refractivity (Wildman–Crippen MR) is 118 cm³/mol. The summed E-state index contributed by atoms with van der Waals surface area (Å²) < 4.78 is 46.7. The summed E-state index contributed by atoms with van der Waals surface area (Å²) in [6.07, 6.45) is 0. The van der Waals surface area contributed by atoms with E-state index < -0.39 is 21.7 Å². The molecule has 0 spiro atoms. The van der Waals surface area contributed by atoms with E-state index in [9.17, 15) is 17.6 Å². The summed E-state index contributed by atoms with van der Waals surface area (Å²) in [7, 11) is -3.73. The molecule has 8 nitrogen and oxygen atoms in total. The van der Waals surface area contributed by atoms with Crippen LogP contribution in [0.25, 0.3) is 11.0 Å². The highest BCUT2D eigenvalue weighted by Gasteiger charge is 2.27. The van der Waals surface area contributed by atoms with Crippen molar-refractivity contribution < 1.29 is 22.3 Å². The fourth-order valence-electron chi connectivity index (χ4n) is 3.49. The number of hydrogen-bond acceptors (Lipinski definition) is 6. The van der Waals surface area contributed by atoms with Gasteiger partial charge >= 0.3 is 0 Å². The van der Waals surface area contributed by atoms with Crippen LogP contribution < -0.4 is 5.32 Å². The number of morpholine rings is 1. The molecule has 0 saturated carbocycles. The summed E-state index contributed by atoms with van der Waals surface area (Å²) in [4.78, 5) is 21.9. The number of nitrogens with zero attached hydrogens (tertiary/aromatic N) is 3. The first-order valence-corrected chi connectivity index (χ1v) is 11.6. The molecule has 2 heterocycles. The molecule has 1 aliphatic rings. The Morgan fingerprint density at radius 3 is 2.47 bits per heavy atom. The van der Waals surface area contributed by atoms with Crippen LogP contribution in [0, 0.1) is 26.6 Å². The number of benzene rings is 2. The highest BCUT2D eigenvalue weighted by atomic mass is 32.2. The quantitative estimate of drug-likeness (QED) is 0.645. The number of amides is 1. The van der Waals surface area contributed by atoms with Gasteiger partial charge < -0.3 is 10.1 Å². The highest BCUT2D eigenvalue weighted by Crippen LogP contribution is 2.26. The number of halogens is 1. The van der Waals surface area contributed by atoms with Crippen LogP contribution in [-0.2, 0) is 14.8 Å². The molecule has 32 heavy (non-hydrogen) atoms. The van der Waals surface area contributed by atoms with Crippen LogP contribution in [0.3, 0.4) is 0 Å². The first-order valence-electron chi connectivity index (χ1n) is 10.1. The lowest BCUT2D eigenvalue weighted by Crippen LogP contribution is -2.40. The Morgan fingerprint density at radius 2 is 1.75 bits per heavy atom. The molecule has 3 aromatic rings. The van der Waals surface area contributed by atoms with Gasteiger partial charge in [0.05, 0.1) is 40.6 Å². The van der Waals surface area contributed by atoms with Gasteiger partial charge in [0, 0.05) is 24.8 Å². The third-order valence-corrected chi connectivity index (χ3v) is 7.35. The van der Waals surface area contributed by atoms with Gasteiger partial charge in [0.15, 0.2) is 0 Å². The number of anilines is 1. The lowest BCUT2D eigenvalue weighted by molar-refractivity contribution is 0.0730. The first-order chi connectivity index (χ1) is 15.2. The van der Waals surface area contributed by atoms with Gasteiger partial charge in [-0.25, -0.2) is 22.8 Å². The van der Waals surface area contributed by atoms with Crippen molar-refractivity contribution in [3.05, 3.63) is 58.7 Å². The number of fused-ring (bicyclic) bond motifs is 1. The van der Waals surface area contributed by atoms with Gasteiger partial charge in [-0.15, -0.1) is 0 Å². The Bertz CT molecular complexity index is 1320. The molecule has 1 N–H and O–H groups in total. The molecule has 1 saturated heterocycles. The number of hydrogen-bond donors (Lipinski definition) is 1. The SMILES string of the molecule is Cc1ccc(S(=O)(=O)N2CCOCC2)cc1NC(=O)c1cc(F)cc2nc(C)c(C)nc12. The minimum atomic E-state index is -3.73. The van der Waals surface area contributed by atoms with Gasteiger partial charge in [-0.3, -0.25) is 4.79 Å². The lowest BCUT2D eigenvalue weighted by atomic mass is 10.1. The number of nitrogens with one attached hydrogen (secondary N) is 1. The van der Waals surface area contributed by atoms with Crippen molar-refractivity contribution in [2.24, 2.45) is 0 Å². The maximum Gasteiger partial charge on any atom is 0.258 e. The Kier molecular flexibility index (Phi) is 5.93. The standard InChI is InChI=1S/C22H23FN4O4S/c1-13-4-5-17(32(29,30)27-6-8-31-9-7-27)12-19(13)26-22(28)18-10-16(23)11-20-21(18)25-15(3)14(2)24-20/h4-5,10-12H,6-9H2,1-3H3,(H,26,28). The van der Waals surface area contributed by atoms with Crippen LogP contribution >= 0.6 is 0 Å². The Morgan fingerprint density at radius 1 is 1.06 bits per heavy atom. The van der Waals surface area contributed by atoms with E-state index >= 15 is 0 Å². The molecular formula is C22H23FN4O4S. The zero-order valence-corrected chi connectivity index (χ0v) is 18.8. The van der Waals surface area contributed by atoms with E-state index in [-0.39, 0.29) is 34.6 Å².